The molecule has 0 aliphatic heterocycles. The van der Waals surface area contributed by atoms with Gasteiger partial charge in [0.05, 0.1) is 17.4 Å². The Labute approximate surface area is 95.5 Å². The number of nitrogens with one attached hydrogen (secondary N) is 1. The first-order chi connectivity index (χ1) is 8.15. The lowest BCUT2D eigenvalue weighted by molar-refractivity contribution is -0.133. The molecule has 1 heterocycles. The van der Waals surface area contributed by atoms with E-state index >= 15 is 0 Å². The highest BCUT2D eigenvalue weighted by Gasteiger charge is 2.03. The maximum absolute atomic E-state index is 11.2. The van der Waals surface area contributed by atoms with Crippen molar-refractivity contribution in [3.63, 3.8) is 0 Å². The summed E-state index contributed by atoms with van der Waals surface area (Å²) in [5, 5.41) is 8.33. The van der Waals surface area contributed by atoms with Gasteiger partial charge in [-0.2, -0.15) is 0 Å². The highest BCUT2D eigenvalue weighted by Crippen LogP contribution is 2.17. The molecule has 2 N–H and O–H groups in total. The number of aromatic nitrogens is 2. The van der Waals surface area contributed by atoms with Gasteiger partial charge in [0.15, 0.2) is 0 Å². The molecule has 0 aliphatic carbocycles. The molecule has 1 aromatic carbocycles. The molecule has 17 heavy (non-hydrogen) atoms. The Kier molecular flexibility index (Phi) is 2.87. The van der Waals surface area contributed by atoms with E-state index in [0.29, 0.717) is 5.75 Å². The number of H-pyrrole nitrogens is 1. The molecule has 0 bridgehead atoms. The second-order valence-electron chi connectivity index (χ2n) is 3.17. The number of carbonyl (C=O) groups excluding carboxylic acids is 1. The minimum Gasteiger partial charge on any atom is -0.478 e. The summed E-state index contributed by atoms with van der Waals surface area (Å²) in [5.74, 6) is -1.63. The third-order valence-corrected chi connectivity index (χ3v) is 1.97. The van der Waals surface area contributed by atoms with Gasteiger partial charge in [-0.15, -0.1) is 0 Å². The number of ether oxygens (including phenoxy) is 1. The third kappa shape index (κ3) is 2.69. The van der Waals surface area contributed by atoms with Crippen LogP contribution >= 0.6 is 0 Å². The molecule has 0 saturated carbocycles. The molecule has 2 rings (SSSR count). The highest BCUT2D eigenvalue weighted by atomic mass is 16.5. The van der Waals surface area contributed by atoms with Crippen molar-refractivity contribution in [3.05, 3.63) is 36.7 Å². The fraction of sp³-hybridized carbons (Fsp3) is 0. The molecule has 0 saturated heterocycles. The van der Waals surface area contributed by atoms with Gasteiger partial charge in [-0.25, -0.2) is 14.6 Å². The van der Waals surface area contributed by atoms with E-state index < -0.39 is 11.9 Å². The van der Waals surface area contributed by atoms with Gasteiger partial charge >= 0.3 is 11.9 Å². The van der Waals surface area contributed by atoms with Crippen LogP contribution in [-0.4, -0.2) is 27.0 Å². The Balaban J connectivity index is 2.12. The number of esters is 1. The van der Waals surface area contributed by atoms with Gasteiger partial charge in [0.1, 0.15) is 5.75 Å². The zero-order valence-electron chi connectivity index (χ0n) is 8.58. The first kappa shape index (κ1) is 10.9. The molecular formula is C11H8N2O4. The number of aromatic amines is 1. The fourth-order valence-electron chi connectivity index (χ4n) is 1.27. The van der Waals surface area contributed by atoms with Gasteiger partial charge < -0.3 is 14.8 Å². The topological polar surface area (TPSA) is 92.3 Å². The van der Waals surface area contributed by atoms with Crippen LogP contribution < -0.4 is 4.74 Å². The molecule has 0 amide bonds. The standard InChI is InChI=1S/C11H8N2O4/c14-10(15)3-4-11(16)17-7-1-2-8-9(5-7)13-6-12-8/h1-6H,(H,12,13)(H,14,15)/b4-3+. The third-order valence-electron chi connectivity index (χ3n) is 1.97. The lowest BCUT2D eigenvalue weighted by Gasteiger charge is -2.00. The summed E-state index contributed by atoms with van der Waals surface area (Å²) in [6.07, 6.45) is 3.09. The predicted octanol–water partition coefficient (Wildman–Crippen LogP) is 1.11. The van der Waals surface area contributed by atoms with E-state index in [9.17, 15) is 9.59 Å². The number of benzene rings is 1. The number of fused-ring (bicyclic) bond motifs is 1. The van der Waals surface area contributed by atoms with Gasteiger partial charge in [-0.1, -0.05) is 0 Å². The number of rotatable bonds is 3. The highest BCUT2D eigenvalue weighted by molar-refractivity contribution is 5.92. The van der Waals surface area contributed by atoms with Gasteiger partial charge in [0, 0.05) is 18.2 Å². The molecule has 0 radical (unpaired) electrons. The summed E-state index contributed by atoms with van der Waals surface area (Å²) in [4.78, 5) is 28.3. The van der Waals surface area contributed by atoms with Gasteiger partial charge in [0.25, 0.3) is 0 Å². The van der Waals surface area contributed by atoms with Crippen LogP contribution in [0, 0.1) is 0 Å². The average Bonchev–Trinajstić information content (AvgIpc) is 2.73. The van der Waals surface area contributed by atoms with Crippen LogP contribution in [0.5, 0.6) is 5.75 Å². The number of carboxylic acid groups (broad SMARTS) is 1. The van der Waals surface area contributed by atoms with Crippen LogP contribution in [0.2, 0.25) is 0 Å². The molecular weight excluding hydrogens is 224 g/mol. The van der Waals surface area contributed by atoms with Gasteiger partial charge in [-0.3, -0.25) is 0 Å². The largest absolute Gasteiger partial charge is 0.478 e. The minimum absolute atomic E-state index is 0.321. The Bertz CT molecular complexity index is 600. The van der Waals surface area contributed by atoms with E-state index in [0.717, 1.165) is 23.2 Å². The van der Waals surface area contributed by atoms with E-state index in [-0.39, 0.29) is 0 Å². The summed E-state index contributed by atoms with van der Waals surface area (Å²) >= 11 is 0. The van der Waals surface area contributed by atoms with Crippen molar-refractivity contribution in [2.24, 2.45) is 0 Å². The van der Waals surface area contributed by atoms with E-state index in [4.69, 9.17) is 9.84 Å². The maximum Gasteiger partial charge on any atom is 0.336 e. The van der Waals surface area contributed by atoms with E-state index in [1.807, 2.05) is 0 Å². The normalized spacial score (nSPS) is 10.8. The molecule has 0 unspecified atom stereocenters. The van der Waals surface area contributed by atoms with E-state index in [1.165, 1.54) is 6.33 Å². The Morgan fingerprint density at radius 1 is 1.35 bits per heavy atom. The Morgan fingerprint density at radius 3 is 2.94 bits per heavy atom. The van der Waals surface area contributed by atoms with Crippen LogP contribution in [0.3, 0.4) is 0 Å². The van der Waals surface area contributed by atoms with Crippen molar-refractivity contribution < 1.29 is 19.4 Å². The first-order valence-corrected chi connectivity index (χ1v) is 4.71. The molecule has 0 fully saturated rings. The van der Waals surface area contributed by atoms with Crippen molar-refractivity contribution >= 4 is 23.0 Å². The van der Waals surface area contributed by atoms with Crippen LogP contribution in [0.1, 0.15) is 0 Å². The molecule has 6 heteroatoms. The minimum atomic E-state index is -1.20. The molecule has 0 spiro atoms. The SMILES string of the molecule is O=C(O)/C=C/C(=O)Oc1ccc2nc[nH]c2c1. The van der Waals surface area contributed by atoms with Gasteiger partial charge in [-0.05, 0) is 12.1 Å². The number of hydrogen-bond donors (Lipinski definition) is 2. The van der Waals surface area contributed by atoms with Crippen molar-refractivity contribution in [1.82, 2.24) is 9.97 Å². The second kappa shape index (κ2) is 4.48. The van der Waals surface area contributed by atoms with Crippen molar-refractivity contribution in [1.29, 1.82) is 0 Å². The molecule has 0 atom stereocenters. The number of carbonyl (C=O) groups is 2. The van der Waals surface area contributed by atoms with Crippen LogP contribution in [-0.2, 0) is 9.59 Å². The van der Waals surface area contributed by atoms with Crippen LogP contribution in [0.25, 0.3) is 11.0 Å². The molecule has 2 aromatic rings. The Morgan fingerprint density at radius 2 is 2.18 bits per heavy atom. The zero-order valence-corrected chi connectivity index (χ0v) is 8.58. The number of nitrogens with zero attached hydrogens (tertiary/aromatic N) is 1. The zero-order chi connectivity index (χ0) is 12.3. The summed E-state index contributed by atoms with van der Waals surface area (Å²) in [5.41, 5.74) is 1.49. The lowest BCUT2D eigenvalue weighted by atomic mass is 10.3. The van der Waals surface area contributed by atoms with Crippen molar-refractivity contribution in [3.8, 4) is 5.75 Å². The molecule has 0 aliphatic rings. The van der Waals surface area contributed by atoms with Crippen molar-refractivity contribution in [2.75, 3.05) is 0 Å². The monoisotopic (exact) mass is 232 g/mol. The predicted molar refractivity (Wildman–Crippen MR) is 58.5 cm³/mol. The van der Waals surface area contributed by atoms with E-state index in [1.54, 1.807) is 18.2 Å². The molecule has 1 aromatic heterocycles. The lowest BCUT2D eigenvalue weighted by Crippen LogP contribution is -2.04. The smallest absolute Gasteiger partial charge is 0.336 e. The van der Waals surface area contributed by atoms with Gasteiger partial charge in [0.2, 0.25) is 0 Å². The number of carboxylic acids is 1. The summed E-state index contributed by atoms with van der Waals surface area (Å²) in [7, 11) is 0. The second-order valence-corrected chi connectivity index (χ2v) is 3.17. The number of hydrogen-bond acceptors (Lipinski definition) is 4. The maximum atomic E-state index is 11.2. The van der Waals surface area contributed by atoms with Crippen LogP contribution in [0.15, 0.2) is 36.7 Å². The molecule has 6 nitrogen and oxygen atoms in total. The Hall–Kier alpha value is -2.63. The number of imidazole rings is 1. The van der Waals surface area contributed by atoms with Crippen molar-refractivity contribution in [2.45, 2.75) is 0 Å². The average molecular weight is 232 g/mol. The van der Waals surface area contributed by atoms with E-state index in [2.05, 4.69) is 9.97 Å². The summed E-state index contributed by atoms with van der Waals surface area (Å²) in [6, 6.07) is 4.87. The summed E-state index contributed by atoms with van der Waals surface area (Å²) in [6.45, 7) is 0. The number of aliphatic carboxylic acids is 1. The van der Waals surface area contributed by atoms with Crippen LogP contribution in [0.4, 0.5) is 0 Å². The molecule has 86 valence electrons. The quantitative estimate of drug-likeness (QED) is 0.469. The fourth-order valence-corrected chi connectivity index (χ4v) is 1.27. The first-order valence-electron chi connectivity index (χ1n) is 4.71. The summed E-state index contributed by atoms with van der Waals surface area (Å²) < 4.78 is 4.91.